The van der Waals surface area contributed by atoms with E-state index in [1.54, 1.807) is 0 Å². The molecule has 0 bridgehead atoms. The molecular weight excluding hydrogens is 573 g/mol. The van der Waals surface area contributed by atoms with Gasteiger partial charge in [0.05, 0.1) is 23.5 Å². The second-order valence-electron chi connectivity index (χ2n) is 18.4. The summed E-state index contributed by atoms with van der Waals surface area (Å²) in [5.74, 6) is 6.19. The summed E-state index contributed by atoms with van der Waals surface area (Å²) in [6, 6.07) is 0.816. The second-order valence-corrected chi connectivity index (χ2v) is 27.4. The van der Waals surface area contributed by atoms with Crippen LogP contribution in [0.3, 0.4) is 0 Å². The van der Waals surface area contributed by atoms with Gasteiger partial charge in [-0.25, -0.2) is 0 Å². The van der Waals surface area contributed by atoms with E-state index >= 15 is 0 Å². The Labute approximate surface area is 276 Å². The molecule has 6 atom stereocenters. The summed E-state index contributed by atoms with van der Waals surface area (Å²) >= 11 is 0. The van der Waals surface area contributed by atoms with E-state index in [1.807, 2.05) is 0 Å². The molecule has 0 aromatic carbocycles. The van der Waals surface area contributed by atoms with Crippen LogP contribution in [-0.2, 0) is 8.85 Å². The molecule has 0 N–H and O–H groups in total. The number of nitrogens with zero attached hydrogens (tertiary/aromatic N) is 2. The van der Waals surface area contributed by atoms with Gasteiger partial charge in [-0.15, -0.1) is 0 Å². The summed E-state index contributed by atoms with van der Waals surface area (Å²) in [4.78, 5) is 11.9. The predicted octanol–water partition coefficient (Wildman–Crippen LogP) is 10.8. The molecule has 256 valence electrons. The number of hydrogen-bond acceptors (Lipinski definition) is 4. The molecule has 6 unspecified atom stereocenters. The minimum absolute atomic E-state index is 0.408. The van der Waals surface area contributed by atoms with Crippen molar-refractivity contribution in [3.05, 3.63) is 0 Å². The summed E-state index contributed by atoms with van der Waals surface area (Å²) in [6.07, 6.45) is 9.97. The molecule has 0 spiro atoms. The molecule has 4 nitrogen and oxygen atoms in total. The van der Waals surface area contributed by atoms with Crippen molar-refractivity contribution >= 4 is 28.1 Å². The van der Waals surface area contributed by atoms with Crippen LogP contribution in [0, 0.1) is 59.2 Å². The highest BCUT2D eigenvalue weighted by Gasteiger charge is 2.42. The molecule has 0 aromatic heterocycles. The normalized spacial score (nSPS) is 34.7. The van der Waals surface area contributed by atoms with Crippen LogP contribution >= 0.6 is 0 Å². The van der Waals surface area contributed by atoms with E-state index in [-0.39, 0.29) is 0 Å². The van der Waals surface area contributed by atoms with E-state index in [0.29, 0.717) is 71.3 Å². The summed E-state index contributed by atoms with van der Waals surface area (Å²) in [7, 11) is -3.29. The Balaban J connectivity index is 2.15. The molecule has 0 aromatic rings. The Kier molecular flexibility index (Phi) is 14.0. The zero-order valence-corrected chi connectivity index (χ0v) is 33.7. The van der Waals surface area contributed by atoms with Gasteiger partial charge < -0.3 is 8.85 Å². The van der Waals surface area contributed by atoms with Gasteiger partial charge in [0.1, 0.15) is 0 Å². The van der Waals surface area contributed by atoms with Crippen LogP contribution in [0.15, 0.2) is 9.98 Å². The van der Waals surface area contributed by atoms with Gasteiger partial charge in [0.2, 0.25) is 0 Å². The van der Waals surface area contributed by atoms with Gasteiger partial charge in [0.25, 0.3) is 0 Å². The highest BCUT2D eigenvalue weighted by Crippen LogP contribution is 2.43. The van der Waals surface area contributed by atoms with Crippen molar-refractivity contribution in [2.45, 2.75) is 158 Å². The average Bonchev–Trinajstić information content (AvgIpc) is 2.90. The SMILES string of the molecule is CC(C)C1CCCC(C(C)C)C1N=C1CC(CO[Si](C)(C)C)C(CO[Si](C)(C)C)CC1=NC1C(C(C)C)CCCC1C(C)C. The highest BCUT2D eigenvalue weighted by molar-refractivity contribution is 6.70. The van der Waals surface area contributed by atoms with E-state index in [9.17, 15) is 0 Å². The Morgan fingerprint density at radius 3 is 1.02 bits per heavy atom. The van der Waals surface area contributed by atoms with Crippen LogP contribution in [0.25, 0.3) is 0 Å². The Morgan fingerprint density at radius 1 is 0.523 bits per heavy atom. The summed E-state index contributed by atoms with van der Waals surface area (Å²) in [5, 5.41) is 0. The Hall–Kier alpha value is -0.306. The first-order valence-electron chi connectivity index (χ1n) is 18.8. The van der Waals surface area contributed by atoms with Gasteiger partial charge in [0.15, 0.2) is 16.6 Å². The van der Waals surface area contributed by atoms with Crippen molar-refractivity contribution in [3.63, 3.8) is 0 Å². The van der Waals surface area contributed by atoms with Crippen LogP contribution in [0.1, 0.15) is 107 Å². The molecule has 0 aliphatic heterocycles. The van der Waals surface area contributed by atoms with E-state index in [1.165, 1.54) is 49.9 Å². The monoisotopic (exact) mass is 647 g/mol. The zero-order valence-electron chi connectivity index (χ0n) is 31.7. The summed E-state index contributed by atoms with van der Waals surface area (Å²) in [6.45, 7) is 35.1. The molecule has 3 rings (SSSR count). The maximum absolute atomic E-state index is 6.67. The first-order chi connectivity index (χ1) is 20.4. The van der Waals surface area contributed by atoms with Crippen molar-refractivity contribution < 1.29 is 8.85 Å². The van der Waals surface area contributed by atoms with Gasteiger partial charge >= 0.3 is 0 Å². The predicted molar refractivity (Wildman–Crippen MR) is 198 cm³/mol. The molecule has 0 amide bonds. The number of hydrogen-bond donors (Lipinski definition) is 0. The smallest absolute Gasteiger partial charge is 0.183 e. The number of aliphatic imine (C=N–C) groups is 2. The van der Waals surface area contributed by atoms with Crippen LogP contribution in [0.5, 0.6) is 0 Å². The van der Waals surface area contributed by atoms with Gasteiger partial charge in [-0.2, -0.15) is 0 Å². The molecule has 3 aliphatic carbocycles. The first-order valence-corrected chi connectivity index (χ1v) is 25.6. The third-order valence-electron chi connectivity index (χ3n) is 11.3. The molecule has 0 heterocycles. The lowest BCUT2D eigenvalue weighted by atomic mass is 9.68. The van der Waals surface area contributed by atoms with Crippen molar-refractivity contribution in [3.8, 4) is 0 Å². The fourth-order valence-electron chi connectivity index (χ4n) is 8.57. The van der Waals surface area contributed by atoms with E-state index < -0.39 is 16.6 Å². The maximum atomic E-state index is 6.67. The highest BCUT2D eigenvalue weighted by atomic mass is 28.4. The minimum atomic E-state index is -1.64. The first kappa shape index (κ1) is 38.1. The minimum Gasteiger partial charge on any atom is -0.417 e. The molecule has 3 saturated carbocycles. The van der Waals surface area contributed by atoms with Crippen LogP contribution in [-0.4, -0.2) is 53.4 Å². The van der Waals surface area contributed by atoms with E-state index in [0.717, 1.165) is 26.1 Å². The van der Waals surface area contributed by atoms with Gasteiger partial charge in [0, 0.05) is 13.2 Å². The lowest BCUT2D eigenvalue weighted by molar-refractivity contribution is 0.132. The van der Waals surface area contributed by atoms with Gasteiger partial charge in [-0.1, -0.05) is 68.2 Å². The lowest BCUT2D eigenvalue weighted by Gasteiger charge is -2.43. The molecule has 3 fully saturated rings. The van der Waals surface area contributed by atoms with Gasteiger partial charge in [-0.3, -0.25) is 9.98 Å². The average molecular weight is 647 g/mol. The third-order valence-corrected chi connectivity index (χ3v) is 13.4. The largest absolute Gasteiger partial charge is 0.417 e. The Bertz CT molecular complexity index is 837. The lowest BCUT2D eigenvalue weighted by Crippen LogP contribution is -2.45. The standard InChI is InChI=1S/C38H74N2O2Si2/c1-25(2)31-17-15-18-32(26(3)4)37(31)39-35-21-29(23-41-43(9,10)11)30(24-42-44(12,13)14)22-36(35)40-38-33(27(5)6)19-16-20-34(38)28(7)8/h25-34,37-38H,15-24H2,1-14H3. The van der Waals surface area contributed by atoms with Gasteiger partial charge in [-0.05, 0) is 137 Å². The topological polar surface area (TPSA) is 43.2 Å². The molecule has 0 radical (unpaired) electrons. The quantitative estimate of drug-likeness (QED) is 0.198. The summed E-state index contributed by atoms with van der Waals surface area (Å²) < 4.78 is 13.3. The van der Waals surface area contributed by atoms with Crippen LogP contribution < -0.4 is 0 Å². The fraction of sp³-hybridized carbons (Fsp3) is 0.947. The fourth-order valence-corrected chi connectivity index (χ4v) is 10.0. The van der Waals surface area contributed by atoms with Crippen LogP contribution in [0.4, 0.5) is 0 Å². The molecular formula is C38H74N2O2Si2. The number of rotatable bonds is 12. The molecule has 6 heteroatoms. The summed E-state index contributed by atoms with van der Waals surface area (Å²) in [5.41, 5.74) is 2.69. The molecule has 44 heavy (non-hydrogen) atoms. The van der Waals surface area contributed by atoms with Crippen molar-refractivity contribution in [2.24, 2.45) is 69.2 Å². The third kappa shape index (κ3) is 10.9. The van der Waals surface area contributed by atoms with E-state index in [2.05, 4.69) is 94.7 Å². The molecule has 3 aliphatic rings. The second kappa shape index (κ2) is 16.2. The van der Waals surface area contributed by atoms with Crippen molar-refractivity contribution in [1.29, 1.82) is 0 Å². The van der Waals surface area contributed by atoms with E-state index in [4.69, 9.17) is 18.8 Å². The maximum Gasteiger partial charge on any atom is 0.183 e. The van der Waals surface area contributed by atoms with Crippen LogP contribution in [0.2, 0.25) is 39.3 Å². The van der Waals surface area contributed by atoms with Crippen molar-refractivity contribution in [2.75, 3.05) is 13.2 Å². The Morgan fingerprint density at radius 2 is 0.795 bits per heavy atom. The zero-order chi connectivity index (χ0) is 33.0. The molecule has 0 saturated heterocycles. The van der Waals surface area contributed by atoms with Crippen molar-refractivity contribution in [1.82, 2.24) is 0 Å².